The minimum Gasteiger partial charge on any atom is -0.456 e. The van der Waals surface area contributed by atoms with E-state index in [1.54, 1.807) is 0 Å². The molecule has 0 spiro atoms. The summed E-state index contributed by atoms with van der Waals surface area (Å²) in [5.41, 5.74) is 16.8. The van der Waals surface area contributed by atoms with Crippen LogP contribution in [0, 0.1) is 0 Å². The highest BCUT2D eigenvalue weighted by atomic mass is 16.3. The van der Waals surface area contributed by atoms with E-state index in [4.69, 9.17) is 4.42 Å². The summed E-state index contributed by atoms with van der Waals surface area (Å²) in [5.74, 6) is 0. The van der Waals surface area contributed by atoms with Crippen molar-refractivity contribution in [2.75, 3.05) is 4.90 Å². The fraction of sp³-hybridized carbons (Fsp3) is 0. The molecule has 0 unspecified atom stereocenters. The average molecular weight is 766 g/mol. The number of para-hydroxylation sites is 1. The maximum atomic E-state index is 6.17. The van der Waals surface area contributed by atoms with E-state index in [1.165, 1.54) is 55.3 Å². The summed E-state index contributed by atoms with van der Waals surface area (Å²) in [6.45, 7) is 0. The lowest BCUT2D eigenvalue weighted by molar-refractivity contribution is 0.669. The van der Waals surface area contributed by atoms with Crippen LogP contribution >= 0.6 is 0 Å². The van der Waals surface area contributed by atoms with Gasteiger partial charge in [0.15, 0.2) is 0 Å². The van der Waals surface area contributed by atoms with Crippen molar-refractivity contribution < 1.29 is 4.42 Å². The predicted octanol–water partition coefficient (Wildman–Crippen LogP) is 16.5. The van der Waals surface area contributed by atoms with E-state index in [0.29, 0.717) is 0 Å². The van der Waals surface area contributed by atoms with Crippen LogP contribution in [-0.2, 0) is 0 Å². The van der Waals surface area contributed by atoms with E-state index < -0.39 is 0 Å². The minimum atomic E-state index is 0.899. The molecule has 1 aromatic heterocycles. The molecular weight excluding hydrogens is 727 g/mol. The van der Waals surface area contributed by atoms with Gasteiger partial charge in [-0.25, -0.2) is 0 Å². The Bertz CT molecular complexity index is 3290. The summed E-state index contributed by atoms with van der Waals surface area (Å²) >= 11 is 0. The Balaban J connectivity index is 1.11. The van der Waals surface area contributed by atoms with Gasteiger partial charge >= 0.3 is 0 Å². The highest BCUT2D eigenvalue weighted by Gasteiger charge is 2.23. The monoisotopic (exact) mass is 765 g/mol. The van der Waals surface area contributed by atoms with Gasteiger partial charge in [0.1, 0.15) is 11.2 Å². The molecule has 0 amide bonds. The van der Waals surface area contributed by atoms with Crippen LogP contribution < -0.4 is 4.90 Å². The van der Waals surface area contributed by atoms with Gasteiger partial charge in [-0.05, 0) is 109 Å². The largest absolute Gasteiger partial charge is 0.456 e. The van der Waals surface area contributed by atoms with Crippen molar-refractivity contribution in [3.63, 3.8) is 0 Å². The molecule has 11 aromatic rings. The molecule has 0 saturated carbocycles. The molecule has 0 bridgehead atoms. The summed E-state index contributed by atoms with van der Waals surface area (Å²) in [6.07, 6.45) is 0. The molecule has 2 heteroatoms. The van der Waals surface area contributed by atoms with E-state index in [2.05, 4.69) is 229 Å². The van der Waals surface area contributed by atoms with Crippen LogP contribution in [0.15, 0.2) is 241 Å². The first-order chi connectivity index (χ1) is 29.8. The Morgan fingerprint density at radius 2 is 0.783 bits per heavy atom. The number of anilines is 3. The molecule has 282 valence electrons. The number of fused-ring (bicyclic) bond motifs is 4. The van der Waals surface area contributed by atoms with Crippen LogP contribution in [0.2, 0.25) is 0 Å². The Kier molecular flexibility index (Phi) is 8.87. The number of rotatable bonds is 8. The Labute approximate surface area is 349 Å². The van der Waals surface area contributed by atoms with Crippen molar-refractivity contribution in [3.05, 3.63) is 237 Å². The second-order valence-corrected chi connectivity index (χ2v) is 15.2. The minimum absolute atomic E-state index is 0.899. The highest BCUT2D eigenvalue weighted by molar-refractivity contribution is 6.06. The third-order valence-electron chi connectivity index (χ3n) is 11.7. The van der Waals surface area contributed by atoms with Gasteiger partial charge in [-0.1, -0.05) is 188 Å². The number of hydrogen-bond donors (Lipinski definition) is 0. The first-order valence-electron chi connectivity index (χ1n) is 20.5. The molecule has 11 rings (SSSR count). The standard InChI is InChI=1S/C58H39NO/c1-3-15-41(16-4-1)50-22-9-10-24-53(50)58-51(43-17-5-2-6-18-43)26-14-27-55(58)59(47-36-31-44(32-37-47)49-25-13-20-42-19-7-8-21-48(42)49)46-34-29-40(30-35-46)45-33-38-57-54(39-45)52-23-11-12-28-56(52)60-57/h1-39H. The molecule has 0 fully saturated rings. The molecule has 0 aliphatic heterocycles. The van der Waals surface area contributed by atoms with Gasteiger partial charge in [0.2, 0.25) is 0 Å². The second kappa shape index (κ2) is 15.1. The summed E-state index contributed by atoms with van der Waals surface area (Å²) in [7, 11) is 0. The lowest BCUT2D eigenvalue weighted by atomic mass is 9.87. The summed E-state index contributed by atoms with van der Waals surface area (Å²) in [4.78, 5) is 2.42. The van der Waals surface area contributed by atoms with Gasteiger partial charge < -0.3 is 9.32 Å². The lowest BCUT2D eigenvalue weighted by Gasteiger charge is -2.30. The van der Waals surface area contributed by atoms with E-state index in [9.17, 15) is 0 Å². The zero-order chi connectivity index (χ0) is 39.8. The van der Waals surface area contributed by atoms with Crippen LogP contribution in [0.25, 0.3) is 88.3 Å². The van der Waals surface area contributed by atoms with E-state index in [0.717, 1.165) is 50.1 Å². The summed E-state index contributed by atoms with van der Waals surface area (Å²) in [6, 6.07) is 85.1. The topological polar surface area (TPSA) is 16.4 Å². The summed E-state index contributed by atoms with van der Waals surface area (Å²) in [5, 5.41) is 4.74. The summed E-state index contributed by atoms with van der Waals surface area (Å²) < 4.78 is 6.17. The molecule has 0 saturated heterocycles. The lowest BCUT2D eigenvalue weighted by Crippen LogP contribution is -2.12. The maximum absolute atomic E-state index is 6.17. The zero-order valence-electron chi connectivity index (χ0n) is 32.9. The van der Waals surface area contributed by atoms with Crippen LogP contribution in [0.3, 0.4) is 0 Å². The van der Waals surface area contributed by atoms with E-state index in [1.807, 2.05) is 12.1 Å². The van der Waals surface area contributed by atoms with Gasteiger partial charge in [-0.15, -0.1) is 0 Å². The number of furan rings is 1. The molecule has 0 N–H and O–H groups in total. The third kappa shape index (κ3) is 6.32. The molecule has 10 aromatic carbocycles. The Morgan fingerprint density at radius 1 is 0.283 bits per heavy atom. The van der Waals surface area contributed by atoms with Crippen LogP contribution in [0.1, 0.15) is 0 Å². The van der Waals surface area contributed by atoms with Gasteiger partial charge in [0.25, 0.3) is 0 Å². The molecular formula is C58H39NO. The van der Waals surface area contributed by atoms with Crippen LogP contribution in [-0.4, -0.2) is 0 Å². The van der Waals surface area contributed by atoms with E-state index in [-0.39, 0.29) is 0 Å². The van der Waals surface area contributed by atoms with Crippen molar-refractivity contribution >= 4 is 49.8 Å². The van der Waals surface area contributed by atoms with Crippen molar-refractivity contribution in [3.8, 4) is 55.6 Å². The quantitative estimate of drug-likeness (QED) is 0.153. The smallest absolute Gasteiger partial charge is 0.135 e. The van der Waals surface area contributed by atoms with Crippen molar-refractivity contribution in [2.45, 2.75) is 0 Å². The third-order valence-corrected chi connectivity index (χ3v) is 11.7. The maximum Gasteiger partial charge on any atom is 0.135 e. The van der Waals surface area contributed by atoms with Crippen molar-refractivity contribution in [1.29, 1.82) is 0 Å². The molecule has 0 radical (unpaired) electrons. The van der Waals surface area contributed by atoms with E-state index >= 15 is 0 Å². The number of benzene rings is 10. The van der Waals surface area contributed by atoms with Crippen LogP contribution in [0.5, 0.6) is 0 Å². The van der Waals surface area contributed by atoms with Crippen LogP contribution in [0.4, 0.5) is 17.1 Å². The molecule has 0 aliphatic rings. The van der Waals surface area contributed by atoms with Gasteiger partial charge in [-0.3, -0.25) is 0 Å². The molecule has 0 atom stereocenters. The Hall–Kier alpha value is -7.94. The fourth-order valence-electron chi connectivity index (χ4n) is 8.84. The highest BCUT2D eigenvalue weighted by Crippen LogP contribution is 2.48. The first kappa shape index (κ1) is 35.2. The molecule has 1 heterocycles. The molecule has 2 nitrogen and oxygen atoms in total. The fourth-order valence-corrected chi connectivity index (χ4v) is 8.84. The SMILES string of the molecule is c1ccc(-c2ccccc2-c2c(-c3ccccc3)cccc2N(c2ccc(-c3ccc4oc5ccccc5c4c3)cc2)c2ccc(-c3cccc4ccccc34)cc2)cc1. The normalized spacial score (nSPS) is 11.3. The Morgan fingerprint density at radius 3 is 1.53 bits per heavy atom. The second-order valence-electron chi connectivity index (χ2n) is 15.2. The van der Waals surface area contributed by atoms with Gasteiger partial charge in [-0.2, -0.15) is 0 Å². The number of nitrogens with zero attached hydrogens (tertiary/aromatic N) is 1. The van der Waals surface area contributed by atoms with Crippen molar-refractivity contribution in [2.24, 2.45) is 0 Å². The first-order valence-corrected chi connectivity index (χ1v) is 20.5. The number of hydrogen-bond acceptors (Lipinski definition) is 2. The van der Waals surface area contributed by atoms with Gasteiger partial charge in [0, 0.05) is 27.7 Å². The molecule has 60 heavy (non-hydrogen) atoms. The predicted molar refractivity (Wildman–Crippen MR) is 253 cm³/mol. The zero-order valence-corrected chi connectivity index (χ0v) is 32.9. The van der Waals surface area contributed by atoms with Crippen molar-refractivity contribution in [1.82, 2.24) is 0 Å². The molecule has 0 aliphatic carbocycles. The van der Waals surface area contributed by atoms with Gasteiger partial charge in [0.05, 0.1) is 5.69 Å². The average Bonchev–Trinajstić information content (AvgIpc) is 3.70.